The van der Waals surface area contributed by atoms with Crippen LogP contribution in [0.25, 0.3) is 0 Å². The number of hydrogen-bond acceptors (Lipinski definition) is 0. The minimum absolute atomic E-state index is 1.82. The Labute approximate surface area is 73.7 Å². The molecule has 0 bridgehead atoms. The van der Waals surface area contributed by atoms with Crippen LogP contribution in [0.1, 0.15) is 13.8 Å². The third kappa shape index (κ3) is 9.04. The highest BCUT2D eigenvalue weighted by Crippen LogP contribution is 2.16. The van der Waals surface area contributed by atoms with Gasteiger partial charge in [-0.1, -0.05) is 12.2 Å². The molecule has 78 valence electrons. The maximum atomic E-state index is 11.4. The molecule has 0 aromatic rings. The summed E-state index contributed by atoms with van der Waals surface area (Å²) in [7, 11) is 0. The van der Waals surface area contributed by atoms with Crippen molar-refractivity contribution in [2.45, 2.75) is 20.3 Å². The summed E-state index contributed by atoms with van der Waals surface area (Å²) in [6.45, 7) is 2.18. The molecule has 5 heteroatoms. The van der Waals surface area contributed by atoms with E-state index >= 15 is 0 Å². The summed E-state index contributed by atoms with van der Waals surface area (Å²) in [5.74, 6) is -4.36. The quantitative estimate of drug-likeness (QED) is 0.469. The lowest BCUT2D eigenvalue weighted by atomic mass is 10.5. The van der Waals surface area contributed by atoms with Crippen molar-refractivity contribution in [3.63, 3.8) is 0 Å². The lowest BCUT2D eigenvalue weighted by Gasteiger charge is -1.92. The predicted octanol–water partition coefficient (Wildman–Crippen LogP) is 3.95. The molecule has 0 heterocycles. The highest BCUT2D eigenvalue weighted by Gasteiger charge is 2.16. The summed E-state index contributed by atoms with van der Waals surface area (Å²) < 4.78 is 55.9. The summed E-state index contributed by atoms with van der Waals surface area (Å²) in [5.41, 5.74) is 0. The molecule has 0 aromatic carbocycles. The second kappa shape index (κ2) is 9.22. The number of halogens is 5. The maximum absolute atomic E-state index is 11.4. The molecule has 0 aliphatic rings. The van der Waals surface area contributed by atoms with E-state index in [2.05, 4.69) is 0 Å². The van der Waals surface area contributed by atoms with Crippen molar-refractivity contribution < 1.29 is 22.0 Å². The van der Waals surface area contributed by atoms with Crippen molar-refractivity contribution in [3.8, 4) is 0 Å². The Hall–Kier alpha value is -0.870. The average Bonchev–Trinajstić information content (AvgIpc) is 2.15. The summed E-state index contributed by atoms with van der Waals surface area (Å²) >= 11 is 0. The van der Waals surface area contributed by atoms with Gasteiger partial charge in [0.25, 0.3) is 6.43 Å². The molecule has 13 heavy (non-hydrogen) atoms. The molecule has 0 nitrogen and oxygen atoms in total. The Morgan fingerprint density at radius 1 is 1.15 bits per heavy atom. The van der Waals surface area contributed by atoms with Crippen molar-refractivity contribution in [2.75, 3.05) is 6.67 Å². The van der Waals surface area contributed by atoms with Gasteiger partial charge in [-0.15, -0.1) is 0 Å². The first-order chi connectivity index (χ1) is 6.01. The van der Waals surface area contributed by atoms with E-state index in [9.17, 15) is 22.0 Å². The fourth-order valence-corrected chi connectivity index (χ4v) is 0.182. The molecule has 0 saturated heterocycles. The minimum Gasteiger partial charge on any atom is -0.243 e. The van der Waals surface area contributed by atoms with Gasteiger partial charge in [-0.25, -0.2) is 22.0 Å². The molecule has 0 aliphatic carbocycles. The van der Waals surface area contributed by atoms with Crippen LogP contribution in [0.5, 0.6) is 0 Å². The standard InChI is InChI=1S/C4H3F5.C4H8/c5-1-2(6)3(7)4(8)9;1-3-4-2/h4H,1H2;3-4H,1-2H3. The Morgan fingerprint density at radius 2 is 1.54 bits per heavy atom. The summed E-state index contributed by atoms with van der Waals surface area (Å²) in [6, 6.07) is 0. The van der Waals surface area contributed by atoms with Crippen LogP contribution in [0.15, 0.2) is 23.8 Å². The Kier molecular flexibility index (Phi) is 10.4. The predicted molar refractivity (Wildman–Crippen MR) is 41.7 cm³/mol. The second-order valence-electron chi connectivity index (χ2n) is 1.85. The van der Waals surface area contributed by atoms with Crippen LogP contribution >= 0.6 is 0 Å². The van der Waals surface area contributed by atoms with Crippen LogP contribution < -0.4 is 0 Å². The molecule has 0 amide bonds. The lowest BCUT2D eigenvalue weighted by Crippen LogP contribution is -1.94. The highest BCUT2D eigenvalue weighted by atomic mass is 19.3. The van der Waals surface area contributed by atoms with Gasteiger partial charge in [0.05, 0.1) is 0 Å². The van der Waals surface area contributed by atoms with Crippen LogP contribution in [0.4, 0.5) is 22.0 Å². The van der Waals surface area contributed by atoms with E-state index in [1.54, 1.807) is 0 Å². The summed E-state index contributed by atoms with van der Waals surface area (Å²) in [4.78, 5) is 0. The minimum atomic E-state index is -3.55. The van der Waals surface area contributed by atoms with Crippen molar-refractivity contribution in [1.82, 2.24) is 0 Å². The molecule has 0 aromatic heterocycles. The van der Waals surface area contributed by atoms with E-state index in [1.165, 1.54) is 0 Å². The van der Waals surface area contributed by atoms with Gasteiger partial charge >= 0.3 is 0 Å². The summed E-state index contributed by atoms with van der Waals surface area (Å²) in [6.07, 6.45) is 0.445. The van der Waals surface area contributed by atoms with E-state index < -0.39 is 24.8 Å². The van der Waals surface area contributed by atoms with Gasteiger partial charge in [-0.2, -0.15) is 0 Å². The number of allylic oxidation sites excluding steroid dienone is 4. The topological polar surface area (TPSA) is 0 Å². The Morgan fingerprint density at radius 3 is 1.62 bits per heavy atom. The van der Waals surface area contributed by atoms with Crippen LogP contribution in [-0.4, -0.2) is 13.1 Å². The first-order valence-electron chi connectivity index (χ1n) is 3.46. The number of rotatable bonds is 2. The molecule has 0 N–H and O–H groups in total. The molecule has 0 radical (unpaired) electrons. The second-order valence-corrected chi connectivity index (χ2v) is 1.85. The van der Waals surface area contributed by atoms with Crippen LogP contribution in [-0.2, 0) is 0 Å². The van der Waals surface area contributed by atoms with Crippen LogP contribution in [0.3, 0.4) is 0 Å². The molecule has 0 spiro atoms. The molecule has 0 rings (SSSR count). The van der Waals surface area contributed by atoms with Crippen LogP contribution in [0, 0.1) is 0 Å². The molecule has 0 fully saturated rings. The molecule has 0 aliphatic heterocycles. The van der Waals surface area contributed by atoms with E-state index in [-0.39, 0.29) is 0 Å². The zero-order valence-corrected chi connectivity index (χ0v) is 7.33. The maximum Gasteiger partial charge on any atom is 0.292 e. The normalized spacial score (nSPS) is 12.6. The molecule has 0 unspecified atom stereocenters. The van der Waals surface area contributed by atoms with Crippen molar-refractivity contribution in [3.05, 3.63) is 23.8 Å². The Bertz CT molecular complexity index is 167. The molecule has 0 atom stereocenters. The van der Waals surface area contributed by atoms with E-state index in [0.717, 1.165) is 0 Å². The smallest absolute Gasteiger partial charge is 0.243 e. The van der Waals surface area contributed by atoms with Crippen molar-refractivity contribution in [2.24, 2.45) is 0 Å². The van der Waals surface area contributed by atoms with E-state index in [4.69, 9.17) is 0 Å². The monoisotopic (exact) mass is 202 g/mol. The van der Waals surface area contributed by atoms with Gasteiger partial charge in [-0.3, -0.25) is 0 Å². The van der Waals surface area contributed by atoms with Gasteiger partial charge in [0.15, 0.2) is 11.7 Å². The SMILES string of the molecule is CC=CC.FCC(F)=C(F)C(F)F. The fraction of sp³-hybridized carbons (Fsp3) is 0.500. The lowest BCUT2D eigenvalue weighted by molar-refractivity contribution is 0.151. The number of alkyl halides is 3. The zero-order chi connectivity index (χ0) is 10.9. The molecule has 0 saturated carbocycles. The van der Waals surface area contributed by atoms with Gasteiger partial charge in [-0.05, 0) is 13.8 Å². The van der Waals surface area contributed by atoms with Gasteiger partial charge in [0, 0.05) is 0 Å². The van der Waals surface area contributed by atoms with E-state index in [0.29, 0.717) is 0 Å². The highest BCUT2D eigenvalue weighted by molar-refractivity contribution is 5.01. The van der Waals surface area contributed by atoms with Crippen LogP contribution in [0.2, 0.25) is 0 Å². The average molecular weight is 202 g/mol. The van der Waals surface area contributed by atoms with E-state index in [1.807, 2.05) is 26.0 Å². The molecular formula is C8H11F5. The largest absolute Gasteiger partial charge is 0.292 e. The number of hydrogen-bond donors (Lipinski definition) is 0. The zero-order valence-electron chi connectivity index (χ0n) is 7.33. The van der Waals surface area contributed by atoms with Gasteiger partial charge in [0.2, 0.25) is 0 Å². The van der Waals surface area contributed by atoms with Crippen molar-refractivity contribution in [1.29, 1.82) is 0 Å². The fourth-order valence-electron chi connectivity index (χ4n) is 0.182. The van der Waals surface area contributed by atoms with Gasteiger partial charge in [0.1, 0.15) is 6.67 Å². The summed E-state index contributed by atoms with van der Waals surface area (Å²) in [5, 5.41) is 0. The van der Waals surface area contributed by atoms with Gasteiger partial charge < -0.3 is 0 Å². The first kappa shape index (κ1) is 14.6. The first-order valence-corrected chi connectivity index (χ1v) is 3.46. The third-order valence-electron chi connectivity index (χ3n) is 0.901. The Balaban J connectivity index is 0. The van der Waals surface area contributed by atoms with Crippen molar-refractivity contribution >= 4 is 0 Å². The molecular weight excluding hydrogens is 191 g/mol. The third-order valence-corrected chi connectivity index (χ3v) is 0.901.